The molecule has 2 rings (SSSR count). The Hall–Kier alpha value is -2.87. The predicted octanol–water partition coefficient (Wildman–Crippen LogP) is 5.28. The third-order valence-corrected chi connectivity index (χ3v) is 4.48. The third kappa shape index (κ3) is 5.55. The number of pyridine rings is 1. The van der Waals surface area contributed by atoms with Crippen LogP contribution in [0.1, 0.15) is 62.6 Å². The number of carbonyl (C=O) groups excluding carboxylic acids is 1. The summed E-state index contributed by atoms with van der Waals surface area (Å²) in [5.74, 6) is 0.592. The van der Waals surface area contributed by atoms with E-state index in [9.17, 15) is 4.79 Å². The first kappa shape index (κ1) is 20.4. The van der Waals surface area contributed by atoms with Crippen molar-refractivity contribution < 1.29 is 4.79 Å². The van der Waals surface area contributed by atoms with Gasteiger partial charge in [-0.2, -0.15) is 5.26 Å². The maximum atomic E-state index is 13.1. The highest BCUT2D eigenvalue weighted by molar-refractivity contribution is 5.91. The van der Waals surface area contributed by atoms with E-state index in [0.717, 1.165) is 22.4 Å². The largest absolute Gasteiger partial charge is 0.322 e. The van der Waals surface area contributed by atoms with Gasteiger partial charge in [0.2, 0.25) is 0 Å². The van der Waals surface area contributed by atoms with E-state index in [4.69, 9.17) is 5.26 Å². The van der Waals surface area contributed by atoms with E-state index in [1.165, 1.54) is 0 Å². The van der Waals surface area contributed by atoms with Gasteiger partial charge in [-0.15, -0.1) is 0 Å². The van der Waals surface area contributed by atoms with E-state index < -0.39 is 0 Å². The summed E-state index contributed by atoms with van der Waals surface area (Å²) in [5, 5.41) is 12.1. The first-order valence-corrected chi connectivity index (χ1v) is 9.38. The molecule has 5 nitrogen and oxygen atoms in total. The number of benzene rings is 1. The van der Waals surface area contributed by atoms with Crippen molar-refractivity contribution in [3.63, 3.8) is 0 Å². The standard InChI is InChI=1S/C22H28N4O/c1-16(2)19-9-5-10-20(17(3)4)21(19)25-22(27)26(13-7-11-23)15-18-8-6-12-24-14-18/h5-6,8-10,12,14,16-17H,7,13,15H2,1-4H3,(H,25,27). The molecule has 0 aliphatic carbocycles. The van der Waals surface area contributed by atoms with Gasteiger partial charge in [0.1, 0.15) is 0 Å². The number of hydrogen-bond acceptors (Lipinski definition) is 3. The fraction of sp³-hybridized carbons (Fsp3) is 0.409. The molecule has 1 N–H and O–H groups in total. The van der Waals surface area contributed by atoms with Crippen molar-refractivity contribution in [1.29, 1.82) is 5.26 Å². The number of nitrogens with one attached hydrogen (secondary N) is 1. The number of anilines is 1. The number of urea groups is 1. The Balaban J connectivity index is 2.30. The second-order valence-corrected chi connectivity index (χ2v) is 7.24. The van der Waals surface area contributed by atoms with Crippen molar-refractivity contribution in [3.05, 3.63) is 59.4 Å². The number of nitriles is 1. The molecule has 0 atom stereocenters. The summed E-state index contributed by atoms with van der Waals surface area (Å²) in [6, 6.07) is 11.9. The van der Waals surface area contributed by atoms with Crippen molar-refractivity contribution >= 4 is 11.7 Å². The summed E-state index contributed by atoms with van der Waals surface area (Å²) >= 11 is 0. The van der Waals surface area contributed by atoms with E-state index in [-0.39, 0.29) is 12.5 Å². The van der Waals surface area contributed by atoms with Gasteiger partial charge >= 0.3 is 6.03 Å². The molecule has 0 spiro atoms. The lowest BCUT2D eigenvalue weighted by molar-refractivity contribution is 0.210. The normalized spacial score (nSPS) is 10.7. The molecule has 0 aliphatic heterocycles. The minimum absolute atomic E-state index is 0.191. The molecule has 0 radical (unpaired) electrons. The Morgan fingerprint density at radius 3 is 2.33 bits per heavy atom. The molecule has 2 amide bonds. The van der Waals surface area contributed by atoms with Crippen LogP contribution in [0.2, 0.25) is 0 Å². The van der Waals surface area contributed by atoms with Crippen molar-refractivity contribution in [2.75, 3.05) is 11.9 Å². The third-order valence-electron chi connectivity index (χ3n) is 4.48. The van der Waals surface area contributed by atoms with Gasteiger partial charge in [0.05, 0.1) is 12.5 Å². The first-order valence-electron chi connectivity index (χ1n) is 9.38. The van der Waals surface area contributed by atoms with E-state index in [1.807, 2.05) is 18.2 Å². The maximum Gasteiger partial charge on any atom is 0.322 e. The number of aromatic nitrogens is 1. The molecule has 1 aromatic heterocycles. The number of para-hydroxylation sites is 1. The van der Waals surface area contributed by atoms with Crippen LogP contribution in [0.25, 0.3) is 0 Å². The first-order chi connectivity index (χ1) is 12.9. The van der Waals surface area contributed by atoms with E-state index >= 15 is 0 Å². The fourth-order valence-electron chi connectivity index (χ4n) is 3.03. The Morgan fingerprint density at radius 2 is 1.81 bits per heavy atom. The van der Waals surface area contributed by atoms with Crippen molar-refractivity contribution in [2.24, 2.45) is 0 Å². The fourth-order valence-corrected chi connectivity index (χ4v) is 3.03. The lowest BCUT2D eigenvalue weighted by Gasteiger charge is -2.25. The zero-order valence-corrected chi connectivity index (χ0v) is 16.6. The van der Waals surface area contributed by atoms with Crippen LogP contribution in [0.3, 0.4) is 0 Å². The van der Waals surface area contributed by atoms with E-state index in [1.54, 1.807) is 17.3 Å². The lowest BCUT2D eigenvalue weighted by Crippen LogP contribution is -2.35. The van der Waals surface area contributed by atoms with Crippen molar-refractivity contribution in [2.45, 2.75) is 52.5 Å². The number of hydrogen-bond donors (Lipinski definition) is 1. The molecule has 0 fully saturated rings. The number of amides is 2. The molecule has 142 valence electrons. The minimum atomic E-state index is -0.191. The molecular formula is C22H28N4O. The average molecular weight is 364 g/mol. The van der Waals surface area contributed by atoms with Crippen LogP contribution in [0.4, 0.5) is 10.5 Å². The summed E-state index contributed by atoms with van der Waals surface area (Å²) in [4.78, 5) is 18.8. The van der Waals surface area contributed by atoms with Crippen LogP contribution < -0.4 is 5.32 Å². The SMILES string of the molecule is CC(C)c1cccc(C(C)C)c1NC(=O)N(CCC#N)Cc1cccnc1. The van der Waals surface area contributed by atoms with Gasteiger partial charge in [0.15, 0.2) is 0 Å². The van der Waals surface area contributed by atoms with Crippen molar-refractivity contribution in [1.82, 2.24) is 9.88 Å². The summed E-state index contributed by atoms with van der Waals surface area (Å²) < 4.78 is 0. The van der Waals surface area contributed by atoms with Gasteiger partial charge in [0.25, 0.3) is 0 Å². The zero-order chi connectivity index (χ0) is 19.8. The lowest BCUT2D eigenvalue weighted by atomic mass is 9.93. The molecular weight excluding hydrogens is 336 g/mol. The zero-order valence-electron chi connectivity index (χ0n) is 16.6. The van der Waals surface area contributed by atoms with Crippen LogP contribution in [-0.2, 0) is 6.54 Å². The summed E-state index contributed by atoms with van der Waals surface area (Å²) in [7, 11) is 0. The van der Waals surface area contributed by atoms with E-state index in [2.05, 4.69) is 56.2 Å². The van der Waals surface area contributed by atoms with Gasteiger partial charge < -0.3 is 10.2 Å². The Morgan fingerprint density at radius 1 is 1.15 bits per heavy atom. The molecule has 5 heteroatoms. The molecule has 0 saturated carbocycles. The number of carbonyl (C=O) groups is 1. The predicted molar refractivity (Wildman–Crippen MR) is 109 cm³/mol. The monoisotopic (exact) mass is 364 g/mol. The Kier molecular flexibility index (Phi) is 7.36. The highest BCUT2D eigenvalue weighted by atomic mass is 16.2. The minimum Gasteiger partial charge on any atom is -0.319 e. The molecule has 0 saturated heterocycles. The Bertz CT molecular complexity index is 767. The number of nitrogens with zero attached hydrogens (tertiary/aromatic N) is 3. The maximum absolute atomic E-state index is 13.1. The van der Waals surface area contributed by atoms with Crippen LogP contribution >= 0.6 is 0 Å². The van der Waals surface area contributed by atoms with Crippen LogP contribution in [0, 0.1) is 11.3 Å². The molecule has 0 bridgehead atoms. The second kappa shape index (κ2) is 9.72. The summed E-state index contributed by atoms with van der Waals surface area (Å²) in [5.41, 5.74) is 4.07. The molecule has 1 heterocycles. The quantitative estimate of drug-likeness (QED) is 0.727. The molecule has 27 heavy (non-hydrogen) atoms. The van der Waals surface area contributed by atoms with Gasteiger partial charge in [0, 0.05) is 31.2 Å². The van der Waals surface area contributed by atoms with Crippen LogP contribution in [-0.4, -0.2) is 22.5 Å². The van der Waals surface area contributed by atoms with Crippen LogP contribution in [0.5, 0.6) is 0 Å². The van der Waals surface area contributed by atoms with Gasteiger partial charge in [-0.25, -0.2) is 4.79 Å². The summed E-state index contributed by atoms with van der Waals surface area (Å²) in [6.07, 6.45) is 3.74. The van der Waals surface area contributed by atoms with Gasteiger partial charge in [-0.05, 0) is 34.6 Å². The highest BCUT2D eigenvalue weighted by Crippen LogP contribution is 2.32. The molecule has 2 aromatic rings. The Labute approximate surface area is 162 Å². The van der Waals surface area contributed by atoms with E-state index in [0.29, 0.717) is 24.9 Å². The topological polar surface area (TPSA) is 69.0 Å². The average Bonchev–Trinajstić information content (AvgIpc) is 2.65. The van der Waals surface area contributed by atoms with Crippen molar-refractivity contribution in [3.8, 4) is 6.07 Å². The van der Waals surface area contributed by atoms with Gasteiger partial charge in [-0.1, -0.05) is 52.0 Å². The molecule has 0 unspecified atom stereocenters. The second-order valence-electron chi connectivity index (χ2n) is 7.24. The molecule has 1 aromatic carbocycles. The highest BCUT2D eigenvalue weighted by Gasteiger charge is 2.19. The van der Waals surface area contributed by atoms with Gasteiger partial charge in [-0.3, -0.25) is 4.98 Å². The number of rotatable bonds is 7. The summed E-state index contributed by atoms with van der Waals surface area (Å²) in [6.45, 7) is 9.28. The smallest absolute Gasteiger partial charge is 0.319 e. The van der Waals surface area contributed by atoms with Crippen LogP contribution in [0.15, 0.2) is 42.7 Å². The molecule has 0 aliphatic rings.